The van der Waals surface area contributed by atoms with Crippen molar-refractivity contribution in [1.82, 2.24) is 25.1 Å². The van der Waals surface area contributed by atoms with Crippen LogP contribution in [0.15, 0.2) is 36.5 Å². The van der Waals surface area contributed by atoms with Crippen LogP contribution in [0.5, 0.6) is 5.88 Å². The molecule has 0 saturated carbocycles. The van der Waals surface area contributed by atoms with Gasteiger partial charge in [-0.25, -0.2) is 4.68 Å². The number of ether oxygens (including phenoxy) is 1. The highest BCUT2D eigenvalue weighted by Crippen LogP contribution is 2.46. The van der Waals surface area contributed by atoms with E-state index in [2.05, 4.69) is 27.3 Å². The molecule has 3 atom stereocenters. The number of nitrogens with one attached hydrogen (secondary N) is 1. The highest BCUT2D eigenvalue weighted by atomic mass is 35.5. The topological polar surface area (TPSA) is 131 Å². The van der Waals surface area contributed by atoms with E-state index >= 15 is 0 Å². The van der Waals surface area contributed by atoms with Crippen molar-refractivity contribution in [2.45, 2.75) is 76.7 Å². The molecule has 0 aliphatic carbocycles. The predicted molar refractivity (Wildman–Crippen MR) is 156 cm³/mol. The van der Waals surface area contributed by atoms with Crippen molar-refractivity contribution in [3.63, 3.8) is 0 Å². The summed E-state index contributed by atoms with van der Waals surface area (Å²) in [6, 6.07) is 6.55. The van der Waals surface area contributed by atoms with Crippen LogP contribution in [-0.2, 0) is 4.79 Å². The normalized spacial score (nSPS) is 20.8. The van der Waals surface area contributed by atoms with Gasteiger partial charge < -0.3 is 25.8 Å². The van der Waals surface area contributed by atoms with E-state index in [4.69, 9.17) is 22.1 Å². The predicted octanol–water partition coefficient (Wildman–Crippen LogP) is 5.48. The van der Waals surface area contributed by atoms with Gasteiger partial charge in [0.15, 0.2) is 0 Å². The average molecular weight is 622 g/mol. The number of rotatable bonds is 9. The Labute approximate surface area is 252 Å². The number of carbonyl (C=O) groups is 1. The molecule has 2 aliphatic rings. The Hall–Kier alpha value is -3.58. The second kappa shape index (κ2) is 12.2. The molecule has 5 rings (SSSR count). The summed E-state index contributed by atoms with van der Waals surface area (Å²) < 4.78 is 50.4. The molecule has 0 radical (unpaired) electrons. The number of carboxylic acid groups (broad SMARTS) is 1. The smallest absolute Gasteiger partial charge is 0.429 e. The maximum absolute atomic E-state index is 14.5. The van der Waals surface area contributed by atoms with Gasteiger partial charge in [0, 0.05) is 42.0 Å². The van der Waals surface area contributed by atoms with Crippen molar-refractivity contribution in [3.8, 4) is 11.6 Å². The highest BCUT2D eigenvalue weighted by molar-refractivity contribution is 6.30. The Morgan fingerprint density at radius 2 is 2.00 bits per heavy atom. The lowest BCUT2D eigenvalue weighted by Gasteiger charge is -2.43. The van der Waals surface area contributed by atoms with E-state index in [9.17, 15) is 23.1 Å². The highest BCUT2D eigenvalue weighted by Gasteiger charge is 2.50. The van der Waals surface area contributed by atoms with Gasteiger partial charge in [0.1, 0.15) is 11.9 Å². The first-order valence-corrected chi connectivity index (χ1v) is 14.7. The molecular weight excluding hydrogens is 587 g/mol. The van der Waals surface area contributed by atoms with Crippen molar-refractivity contribution in [1.29, 1.82) is 0 Å². The van der Waals surface area contributed by atoms with Gasteiger partial charge in [0.2, 0.25) is 17.9 Å². The molecule has 14 heteroatoms. The second-order valence-corrected chi connectivity index (χ2v) is 11.8. The molecule has 0 bridgehead atoms. The van der Waals surface area contributed by atoms with Crippen LogP contribution in [0.3, 0.4) is 0 Å². The molecule has 232 valence electrons. The van der Waals surface area contributed by atoms with Gasteiger partial charge in [-0.1, -0.05) is 37.4 Å². The molecule has 2 aromatic heterocycles. The Kier molecular flexibility index (Phi) is 8.75. The van der Waals surface area contributed by atoms with Crippen LogP contribution in [0, 0.1) is 12.3 Å². The number of piperidine rings is 1. The number of aromatic nitrogens is 4. The molecule has 2 saturated heterocycles. The first-order chi connectivity index (χ1) is 20.4. The molecule has 2 unspecified atom stereocenters. The van der Waals surface area contributed by atoms with Gasteiger partial charge in [-0.2, -0.15) is 28.2 Å². The quantitative estimate of drug-likeness (QED) is 0.284. The Morgan fingerprint density at radius 3 is 2.63 bits per heavy atom. The van der Waals surface area contributed by atoms with Crippen molar-refractivity contribution < 1.29 is 27.8 Å². The summed E-state index contributed by atoms with van der Waals surface area (Å²) in [6.07, 6.45) is -0.804. The van der Waals surface area contributed by atoms with E-state index in [0.29, 0.717) is 43.9 Å². The lowest BCUT2D eigenvalue weighted by Crippen LogP contribution is -2.46. The van der Waals surface area contributed by atoms with Gasteiger partial charge in [-0.3, -0.25) is 4.79 Å². The molecule has 0 amide bonds. The Bertz CT molecular complexity index is 1460. The third kappa shape index (κ3) is 6.67. The molecular formula is C29H35ClF3N7O3. The molecule has 1 aromatic carbocycles. The van der Waals surface area contributed by atoms with Crippen LogP contribution >= 0.6 is 11.6 Å². The fraction of sp³-hybridized carbons (Fsp3) is 0.517. The number of nitrogens with zero attached hydrogens (tertiary/aromatic N) is 5. The van der Waals surface area contributed by atoms with E-state index in [1.807, 2.05) is 4.90 Å². The SMILES string of the molecule is CCCCC1NC(C(=O)O)CC12CCN(c1cc(O[C@H](c3ccc(Cl)cc3-n3ccc(C)n3)C(F)(F)F)nc(N)n1)CC2. The number of hydrogen-bond donors (Lipinski definition) is 3. The fourth-order valence-electron chi connectivity index (χ4n) is 6.28. The molecule has 10 nitrogen and oxygen atoms in total. The summed E-state index contributed by atoms with van der Waals surface area (Å²) in [5.41, 5.74) is 6.33. The van der Waals surface area contributed by atoms with Crippen LogP contribution in [0.25, 0.3) is 5.69 Å². The van der Waals surface area contributed by atoms with E-state index < -0.39 is 24.3 Å². The van der Waals surface area contributed by atoms with Crippen molar-refractivity contribution >= 4 is 29.3 Å². The van der Waals surface area contributed by atoms with Gasteiger partial charge in [-0.15, -0.1) is 0 Å². The van der Waals surface area contributed by atoms with Gasteiger partial charge in [0.25, 0.3) is 0 Å². The van der Waals surface area contributed by atoms with Crippen LogP contribution in [0.4, 0.5) is 24.9 Å². The van der Waals surface area contributed by atoms with Gasteiger partial charge in [-0.05, 0) is 56.2 Å². The minimum absolute atomic E-state index is 0.0877. The molecule has 4 heterocycles. The first kappa shape index (κ1) is 30.9. The largest absolute Gasteiger partial charge is 0.480 e. The summed E-state index contributed by atoms with van der Waals surface area (Å²) in [5.74, 6) is -1.04. The zero-order chi connectivity index (χ0) is 30.9. The molecule has 2 fully saturated rings. The molecule has 1 spiro atoms. The van der Waals surface area contributed by atoms with Crippen LogP contribution in [0.1, 0.15) is 62.8 Å². The summed E-state index contributed by atoms with van der Waals surface area (Å²) >= 11 is 6.14. The van der Waals surface area contributed by atoms with Crippen molar-refractivity contribution in [2.24, 2.45) is 5.41 Å². The van der Waals surface area contributed by atoms with Crippen molar-refractivity contribution in [2.75, 3.05) is 23.7 Å². The monoisotopic (exact) mass is 621 g/mol. The van der Waals surface area contributed by atoms with E-state index in [-0.39, 0.29) is 39.6 Å². The third-order valence-electron chi connectivity index (χ3n) is 8.47. The van der Waals surface area contributed by atoms with Crippen LogP contribution in [0.2, 0.25) is 5.02 Å². The lowest BCUT2D eigenvalue weighted by atomic mass is 9.70. The fourth-order valence-corrected chi connectivity index (χ4v) is 6.45. The number of aryl methyl sites for hydroxylation is 1. The number of anilines is 2. The Balaban J connectivity index is 1.39. The third-order valence-corrected chi connectivity index (χ3v) is 8.70. The van der Waals surface area contributed by atoms with Crippen LogP contribution in [-0.4, -0.2) is 62.2 Å². The zero-order valence-electron chi connectivity index (χ0n) is 23.9. The number of nitrogen functional groups attached to an aromatic ring is 1. The summed E-state index contributed by atoms with van der Waals surface area (Å²) in [5, 5.41) is 17.5. The molecule has 2 aliphatic heterocycles. The number of nitrogens with two attached hydrogens (primary N) is 1. The maximum Gasteiger partial charge on any atom is 0.429 e. The van der Waals surface area contributed by atoms with E-state index in [0.717, 1.165) is 19.3 Å². The lowest BCUT2D eigenvalue weighted by molar-refractivity contribution is -0.198. The zero-order valence-corrected chi connectivity index (χ0v) is 24.7. The van der Waals surface area contributed by atoms with E-state index in [1.165, 1.54) is 28.9 Å². The molecule has 4 N–H and O–H groups in total. The summed E-state index contributed by atoms with van der Waals surface area (Å²) in [7, 11) is 0. The molecule has 43 heavy (non-hydrogen) atoms. The number of aliphatic carboxylic acids is 1. The van der Waals surface area contributed by atoms with Crippen molar-refractivity contribution in [3.05, 3.63) is 52.8 Å². The van der Waals surface area contributed by atoms with Crippen LogP contribution < -0.4 is 20.7 Å². The average Bonchev–Trinajstić information content (AvgIpc) is 3.54. The summed E-state index contributed by atoms with van der Waals surface area (Å²) in [6.45, 7) is 4.91. The summed E-state index contributed by atoms with van der Waals surface area (Å²) in [4.78, 5) is 22.0. The maximum atomic E-state index is 14.5. The number of carboxylic acids is 1. The van der Waals surface area contributed by atoms with Gasteiger partial charge in [0.05, 0.1) is 11.4 Å². The number of halogens is 4. The molecule has 3 aromatic rings. The minimum Gasteiger partial charge on any atom is -0.480 e. The minimum atomic E-state index is -4.81. The van der Waals surface area contributed by atoms with E-state index in [1.54, 1.807) is 19.2 Å². The number of unbranched alkanes of at least 4 members (excludes halogenated alkanes) is 1. The number of hydrogen-bond acceptors (Lipinski definition) is 8. The number of benzene rings is 1. The standard InChI is InChI=1S/C29H35ClF3N7O3/c1-3-4-5-22-28(16-20(35-22)26(41)42)9-12-39(13-10-28)23-15-24(37-27(34)36-23)43-25(29(31,32)33)19-7-6-18(30)14-21(19)40-11-8-17(2)38-40/h6-8,11,14-15,20,22,25,35H,3-5,9-10,12-13,16H2,1-2H3,(H,41,42)(H2,34,36,37)/t20?,22?,25-/m1/s1. The van der Waals surface area contributed by atoms with Gasteiger partial charge >= 0.3 is 12.1 Å². The Morgan fingerprint density at radius 1 is 1.26 bits per heavy atom. The number of alkyl halides is 3. The second-order valence-electron chi connectivity index (χ2n) is 11.4. The first-order valence-electron chi connectivity index (χ1n) is 14.3.